The number of nitrogens with one attached hydrogen (secondary N) is 1. The van der Waals surface area contributed by atoms with E-state index in [2.05, 4.69) is 36.5 Å². The number of amides is 2. The Morgan fingerprint density at radius 2 is 1.70 bits per heavy atom. The largest absolute Gasteiger partial charge is 0.349 e. The number of aryl methyl sites for hydroxylation is 1. The molecule has 0 spiro atoms. The molecule has 0 saturated carbocycles. The van der Waals surface area contributed by atoms with Crippen molar-refractivity contribution in [2.24, 2.45) is 0 Å². The smallest absolute Gasteiger partial charge is 0.251 e. The van der Waals surface area contributed by atoms with Crippen LogP contribution in [0.4, 0.5) is 0 Å². The molecule has 27 heavy (non-hydrogen) atoms. The van der Waals surface area contributed by atoms with Crippen LogP contribution in [0.1, 0.15) is 34.3 Å². The van der Waals surface area contributed by atoms with E-state index >= 15 is 0 Å². The van der Waals surface area contributed by atoms with Gasteiger partial charge in [0.25, 0.3) is 5.91 Å². The molecule has 1 heterocycles. The minimum Gasteiger partial charge on any atom is -0.349 e. The monoisotopic (exact) mass is 382 g/mol. The molecule has 0 bridgehead atoms. The molecule has 2 amide bonds. The Balaban J connectivity index is 1.37. The fourth-order valence-corrected chi connectivity index (χ4v) is 4.05. The second kappa shape index (κ2) is 9.60. The molecule has 4 nitrogen and oxygen atoms in total. The van der Waals surface area contributed by atoms with E-state index in [1.807, 2.05) is 35.2 Å². The quantitative estimate of drug-likeness (QED) is 0.830. The summed E-state index contributed by atoms with van der Waals surface area (Å²) in [5.74, 6) is 1.53. The first-order valence-electron chi connectivity index (χ1n) is 9.39. The second-order valence-electron chi connectivity index (χ2n) is 6.97. The lowest BCUT2D eigenvalue weighted by molar-refractivity contribution is -0.129. The fourth-order valence-electron chi connectivity index (χ4n) is 3.16. The van der Waals surface area contributed by atoms with Crippen molar-refractivity contribution in [3.05, 3.63) is 71.3 Å². The Labute approximate surface area is 165 Å². The maximum absolute atomic E-state index is 12.4. The van der Waals surface area contributed by atoms with E-state index in [1.165, 1.54) is 11.1 Å². The van der Waals surface area contributed by atoms with Gasteiger partial charge in [-0.1, -0.05) is 48.0 Å². The van der Waals surface area contributed by atoms with Gasteiger partial charge in [0, 0.05) is 30.4 Å². The third-order valence-corrected chi connectivity index (χ3v) is 5.82. The van der Waals surface area contributed by atoms with Gasteiger partial charge in [0.1, 0.15) is 0 Å². The maximum atomic E-state index is 12.4. The predicted molar refractivity (Wildman–Crippen MR) is 111 cm³/mol. The molecule has 1 fully saturated rings. The first-order chi connectivity index (χ1) is 13.1. The van der Waals surface area contributed by atoms with Gasteiger partial charge in [-0.15, -0.1) is 11.8 Å². The van der Waals surface area contributed by atoms with Crippen molar-refractivity contribution in [1.29, 1.82) is 0 Å². The molecule has 3 rings (SSSR count). The Kier molecular flexibility index (Phi) is 6.93. The molecule has 2 aromatic carbocycles. The van der Waals surface area contributed by atoms with Gasteiger partial charge in [-0.2, -0.15) is 0 Å². The number of rotatable bonds is 6. The molecule has 0 atom stereocenters. The normalized spacial score (nSPS) is 14.8. The molecule has 142 valence electrons. The van der Waals surface area contributed by atoms with Crippen molar-refractivity contribution in [3.63, 3.8) is 0 Å². The molecule has 0 unspecified atom stereocenters. The van der Waals surface area contributed by atoms with Crippen LogP contribution in [0.15, 0.2) is 54.6 Å². The third kappa shape index (κ3) is 5.86. The highest BCUT2D eigenvalue weighted by Crippen LogP contribution is 2.16. The Morgan fingerprint density at radius 1 is 1.04 bits per heavy atom. The first kappa shape index (κ1) is 19.5. The van der Waals surface area contributed by atoms with Crippen molar-refractivity contribution in [2.75, 3.05) is 18.8 Å². The van der Waals surface area contributed by atoms with E-state index in [9.17, 15) is 9.59 Å². The number of benzene rings is 2. The van der Waals surface area contributed by atoms with E-state index in [1.54, 1.807) is 11.8 Å². The van der Waals surface area contributed by atoms with Crippen LogP contribution in [0.3, 0.4) is 0 Å². The number of piperidine rings is 1. The zero-order valence-corrected chi connectivity index (χ0v) is 16.5. The standard InChI is InChI=1S/C22H26N2O2S/c1-17-7-9-18(10-8-17)15-27-16-21(25)24-13-11-20(12-14-24)23-22(26)19-5-3-2-4-6-19/h2-10,20H,11-16H2,1H3,(H,23,26). The molecule has 1 aliphatic rings. The van der Waals surface area contributed by atoms with E-state index in [0.29, 0.717) is 24.4 Å². The minimum absolute atomic E-state index is 0.0333. The van der Waals surface area contributed by atoms with Crippen LogP contribution in [-0.2, 0) is 10.5 Å². The van der Waals surface area contributed by atoms with Crippen molar-refractivity contribution < 1.29 is 9.59 Å². The number of hydrogen-bond donors (Lipinski definition) is 1. The topological polar surface area (TPSA) is 49.4 Å². The second-order valence-corrected chi connectivity index (χ2v) is 7.96. The predicted octanol–water partition coefficient (Wildman–Crippen LogP) is 3.65. The van der Waals surface area contributed by atoms with Gasteiger partial charge < -0.3 is 10.2 Å². The molecule has 0 aliphatic carbocycles. The van der Waals surface area contributed by atoms with Crippen LogP contribution >= 0.6 is 11.8 Å². The van der Waals surface area contributed by atoms with Gasteiger partial charge >= 0.3 is 0 Å². The van der Waals surface area contributed by atoms with Crippen LogP contribution in [0.5, 0.6) is 0 Å². The van der Waals surface area contributed by atoms with Gasteiger partial charge in [-0.25, -0.2) is 0 Å². The van der Waals surface area contributed by atoms with E-state index in [4.69, 9.17) is 0 Å². The Bertz CT molecular complexity index is 754. The Morgan fingerprint density at radius 3 is 2.37 bits per heavy atom. The van der Waals surface area contributed by atoms with E-state index in [-0.39, 0.29) is 17.9 Å². The first-order valence-corrected chi connectivity index (χ1v) is 10.5. The molecule has 0 aromatic heterocycles. The summed E-state index contributed by atoms with van der Waals surface area (Å²) >= 11 is 1.66. The summed E-state index contributed by atoms with van der Waals surface area (Å²) < 4.78 is 0. The van der Waals surface area contributed by atoms with Crippen molar-refractivity contribution >= 4 is 23.6 Å². The fraction of sp³-hybridized carbons (Fsp3) is 0.364. The lowest BCUT2D eigenvalue weighted by Gasteiger charge is -2.32. The number of hydrogen-bond acceptors (Lipinski definition) is 3. The van der Waals surface area contributed by atoms with Gasteiger partial charge in [0.2, 0.25) is 5.91 Å². The van der Waals surface area contributed by atoms with Crippen LogP contribution in [0.25, 0.3) is 0 Å². The molecule has 1 saturated heterocycles. The lowest BCUT2D eigenvalue weighted by atomic mass is 10.0. The highest BCUT2D eigenvalue weighted by molar-refractivity contribution is 7.99. The molecule has 1 aliphatic heterocycles. The highest BCUT2D eigenvalue weighted by atomic mass is 32.2. The third-order valence-electron chi connectivity index (χ3n) is 4.83. The number of carbonyl (C=O) groups is 2. The molecular formula is C22H26N2O2S. The summed E-state index contributed by atoms with van der Waals surface area (Å²) in [6, 6.07) is 17.9. The summed E-state index contributed by atoms with van der Waals surface area (Å²) in [4.78, 5) is 26.6. The van der Waals surface area contributed by atoms with Gasteiger partial charge in [0.15, 0.2) is 0 Å². The van der Waals surface area contributed by atoms with Gasteiger partial charge in [-0.05, 0) is 37.5 Å². The van der Waals surface area contributed by atoms with E-state index < -0.39 is 0 Å². The SMILES string of the molecule is Cc1ccc(CSCC(=O)N2CCC(NC(=O)c3ccccc3)CC2)cc1. The number of carbonyl (C=O) groups excluding carboxylic acids is 2. The summed E-state index contributed by atoms with van der Waals surface area (Å²) in [5, 5.41) is 3.08. The Hall–Kier alpha value is -2.27. The number of likely N-dealkylation sites (tertiary alicyclic amines) is 1. The molecule has 0 radical (unpaired) electrons. The number of thioether (sulfide) groups is 1. The summed E-state index contributed by atoms with van der Waals surface area (Å²) in [5.41, 5.74) is 3.19. The molecular weight excluding hydrogens is 356 g/mol. The average Bonchev–Trinajstić information content (AvgIpc) is 2.70. The number of nitrogens with zero attached hydrogens (tertiary/aromatic N) is 1. The van der Waals surface area contributed by atoms with Crippen LogP contribution in [0.2, 0.25) is 0 Å². The molecule has 5 heteroatoms. The van der Waals surface area contributed by atoms with Gasteiger partial charge in [0.05, 0.1) is 5.75 Å². The molecule has 2 aromatic rings. The summed E-state index contributed by atoms with van der Waals surface area (Å²) in [6.45, 7) is 3.50. The summed E-state index contributed by atoms with van der Waals surface area (Å²) in [7, 11) is 0. The minimum atomic E-state index is -0.0333. The van der Waals surface area contributed by atoms with E-state index in [0.717, 1.165) is 18.6 Å². The highest BCUT2D eigenvalue weighted by Gasteiger charge is 2.23. The van der Waals surface area contributed by atoms with Crippen LogP contribution < -0.4 is 5.32 Å². The van der Waals surface area contributed by atoms with Crippen molar-refractivity contribution in [2.45, 2.75) is 31.6 Å². The average molecular weight is 383 g/mol. The zero-order chi connectivity index (χ0) is 19.1. The maximum Gasteiger partial charge on any atom is 0.251 e. The zero-order valence-electron chi connectivity index (χ0n) is 15.7. The lowest BCUT2D eigenvalue weighted by Crippen LogP contribution is -2.47. The van der Waals surface area contributed by atoms with Crippen molar-refractivity contribution in [1.82, 2.24) is 10.2 Å². The van der Waals surface area contributed by atoms with Gasteiger partial charge in [-0.3, -0.25) is 9.59 Å². The molecule has 1 N–H and O–H groups in total. The van der Waals surface area contributed by atoms with Crippen molar-refractivity contribution in [3.8, 4) is 0 Å². The van der Waals surface area contributed by atoms with Crippen LogP contribution in [0, 0.1) is 6.92 Å². The summed E-state index contributed by atoms with van der Waals surface area (Å²) in [6.07, 6.45) is 1.62. The van der Waals surface area contributed by atoms with Crippen LogP contribution in [-0.4, -0.2) is 41.6 Å².